The van der Waals surface area contributed by atoms with Crippen molar-refractivity contribution in [3.05, 3.63) is 89.2 Å². The molecule has 0 spiro atoms. The molecule has 4 aromatic rings. The van der Waals surface area contributed by atoms with E-state index in [-0.39, 0.29) is 12.5 Å². The van der Waals surface area contributed by atoms with Crippen LogP contribution in [-0.2, 0) is 17.9 Å². The SMILES string of the molecule is Cc1ccc(OCCCCn2c(CNC(=O)COc3ccc(Cl)cc3)nc3ccccc32)cc1. The number of halogens is 1. The Morgan fingerprint density at radius 2 is 1.65 bits per heavy atom. The number of unbranched alkanes of at least 4 members (excludes halogenated alkanes) is 1. The molecule has 0 bridgehead atoms. The molecular weight excluding hydrogens is 450 g/mol. The van der Waals surface area contributed by atoms with Gasteiger partial charge in [0.05, 0.1) is 24.2 Å². The normalized spacial score (nSPS) is 10.9. The third-order valence-electron chi connectivity index (χ3n) is 5.43. The van der Waals surface area contributed by atoms with Gasteiger partial charge in [-0.15, -0.1) is 0 Å². The Bertz CT molecular complexity index is 1220. The number of amides is 1. The number of rotatable bonds is 11. The zero-order valence-corrected chi connectivity index (χ0v) is 19.9. The zero-order chi connectivity index (χ0) is 23.8. The third-order valence-corrected chi connectivity index (χ3v) is 5.68. The molecule has 0 saturated heterocycles. The van der Waals surface area contributed by atoms with Gasteiger partial charge in [0, 0.05) is 11.6 Å². The van der Waals surface area contributed by atoms with Crippen LogP contribution in [-0.4, -0.2) is 28.7 Å². The topological polar surface area (TPSA) is 65.4 Å². The Hall–Kier alpha value is -3.51. The Balaban J connectivity index is 1.29. The standard InChI is InChI=1S/C27H28ClN3O3/c1-20-8-12-22(13-9-20)33-17-5-4-16-31-25-7-3-2-6-24(25)30-26(31)18-29-27(32)19-34-23-14-10-21(28)11-15-23/h2-3,6-15H,4-5,16-19H2,1H3,(H,29,32). The molecule has 176 valence electrons. The second-order valence-corrected chi connectivity index (χ2v) is 8.49. The summed E-state index contributed by atoms with van der Waals surface area (Å²) in [6, 6.07) is 23.0. The number of carbonyl (C=O) groups is 1. The predicted molar refractivity (Wildman–Crippen MR) is 134 cm³/mol. The number of para-hydroxylation sites is 2. The van der Waals surface area contributed by atoms with Gasteiger partial charge in [0.2, 0.25) is 0 Å². The summed E-state index contributed by atoms with van der Waals surface area (Å²) in [5.41, 5.74) is 3.19. The van der Waals surface area contributed by atoms with Crippen LogP contribution >= 0.6 is 11.6 Å². The van der Waals surface area contributed by atoms with Gasteiger partial charge in [0.15, 0.2) is 6.61 Å². The summed E-state index contributed by atoms with van der Waals surface area (Å²) >= 11 is 5.88. The molecule has 7 heteroatoms. The van der Waals surface area contributed by atoms with Gasteiger partial charge in [-0.3, -0.25) is 4.79 Å². The molecule has 1 aromatic heterocycles. The molecule has 0 aliphatic heterocycles. The summed E-state index contributed by atoms with van der Waals surface area (Å²) in [4.78, 5) is 17.1. The van der Waals surface area contributed by atoms with Crippen LogP contribution in [0.15, 0.2) is 72.8 Å². The number of ether oxygens (including phenoxy) is 2. The lowest BCUT2D eigenvalue weighted by molar-refractivity contribution is -0.123. The minimum atomic E-state index is -0.208. The van der Waals surface area contributed by atoms with E-state index in [1.54, 1.807) is 24.3 Å². The zero-order valence-electron chi connectivity index (χ0n) is 19.2. The number of carbonyl (C=O) groups excluding carboxylic acids is 1. The quantitative estimate of drug-likeness (QED) is 0.287. The Kier molecular flexibility index (Phi) is 8.04. The predicted octanol–water partition coefficient (Wildman–Crippen LogP) is 5.55. The van der Waals surface area contributed by atoms with Crippen LogP contribution in [0.25, 0.3) is 11.0 Å². The van der Waals surface area contributed by atoms with Crippen LogP contribution in [0.4, 0.5) is 0 Å². The van der Waals surface area contributed by atoms with Gasteiger partial charge in [-0.25, -0.2) is 4.98 Å². The first-order valence-corrected chi connectivity index (χ1v) is 11.7. The maximum atomic E-state index is 12.3. The van der Waals surface area contributed by atoms with Crippen LogP contribution in [0, 0.1) is 6.92 Å². The lowest BCUT2D eigenvalue weighted by atomic mass is 10.2. The van der Waals surface area contributed by atoms with Crippen LogP contribution in [0.1, 0.15) is 24.2 Å². The van der Waals surface area contributed by atoms with Gasteiger partial charge >= 0.3 is 0 Å². The second kappa shape index (κ2) is 11.6. The number of aromatic nitrogens is 2. The van der Waals surface area contributed by atoms with E-state index in [4.69, 9.17) is 26.1 Å². The summed E-state index contributed by atoms with van der Waals surface area (Å²) in [6.07, 6.45) is 1.86. The molecule has 0 atom stereocenters. The molecule has 0 radical (unpaired) electrons. The number of benzene rings is 3. The largest absolute Gasteiger partial charge is 0.494 e. The van der Waals surface area contributed by atoms with Crippen molar-refractivity contribution in [2.24, 2.45) is 0 Å². The van der Waals surface area contributed by atoms with Crippen molar-refractivity contribution in [2.45, 2.75) is 32.9 Å². The smallest absolute Gasteiger partial charge is 0.258 e. The molecule has 6 nitrogen and oxygen atoms in total. The maximum Gasteiger partial charge on any atom is 0.258 e. The van der Waals surface area contributed by atoms with Gasteiger partial charge in [-0.2, -0.15) is 0 Å². The Morgan fingerprint density at radius 3 is 2.44 bits per heavy atom. The molecule has 0 aliphatic rings. The molecule has 1 N–H and O–H groups in total. The number of nitrogens with zero attached hydrogens (tertiary/aromatic N) is 2. The maximum absolute atomic E-state index is 12.3. The Morgan fingerprint density at radius 1 is 0.941 bits per heavy atom. The number of nitrogens with one attached hydrogen (secondary N) is 1. The molecule has 4 rings (SSSR count). The first kappa shape index (κ1) is 23.6. The third kappa shape index (κ3) is 6.51. The lowest BCUT2D eigenvalue weighted by Crippen LogP contribution is -2.29. The van der Waals surface area contributed by atoms with Gasteiger partial charge in [-0.05, 0) is 68.3 Å². The van der Waals surface area contributed by atoms with Crippen molar-refractivity contribution in [1.82, 2.24) is 14.9 Å². The van der Waals surface area contributed by atoms with Crippen molar-refractivity contribution in [2.75, 3.05) is 13.2 Å². The highest BCUT2D eigenvalue weighted by Crippen LogP contribution is 2.18. The highest BCUT2D eigenvalue weighted by Gasteiger charge is 2.12. The Labute approximate surface area is 204 Å². The van der Waals surface area contributed by atoms with Crippen molar-refractivity contribution >= 4 is 28.5 Å². The van der Waals surface area contributed by atoms with Crippen molar-refractivity contribution in [3.8, 4) is 11.5 Å². The fourth-order valence-electron chi connectivity index (χ4n) is 3.61. The van der Waals surface area contributed by atoms with Gasteiger partial charge in [-0.1, -0.05) is 41.4 Å². The van der Waals surface area contributed by atoms with E-state index < -0.39 is 0 Å². The van der Waals surface area contributed by atoms with E-state index in [0.29, 0.717) is 23.9 Å². The molecular formula is C27H28ClN3O3. The summed E-state index contributed by atoms with van der Waals surface area (Å²) in [5.74, 6) is 2.10. The highest BCUT2D eigenvalue weighted by atomic mass is 35.5. The van der Waals surface area contributed by atoms with E-state index >= 15 is 0 Å². The fourth-order valence-corrected chi connectivity index (χ4v) is 3.74. The molecule has 34 heavy (non-hydrogen) atoms. The van der Waals surface area contributed by atoms with Gasteiger partial charge < -0.3 is 19.4 Å². The van der Waals surface area contributed by atoms with Crippen molar-refractivity contribution < 1.29 is 14.3 Å². The van der Waals surface area contributed by atoms with Gasteiger partial charge in [0.1, 0.15) is 17.3 Å². The van der Waals surface area contributed by atoms with Crippen LogP contribution in [0.3, 0.4) is 0 Å². The van der Waals surface area contributed by atoms with Gasteiger partial charge in [0.25, 0.3) is 5.91 Å². The number of hydrogen-bond acceptors (Lipinski definition) is 4. The average Bonchev–Trinajstić information content (AvgIpc) is 3.21. The molecule has 0 aliphatic carbocycles. The van der Waals surface area contributed by atoms with E-state index in [2.05, 4.69) is 22.9 Å². The van der Waals surface area contributed by atoms with E-state index in [9.17, 15) is 4.79 Å². The van der Waals surface area contributed by atoms with Crippen molar-refractivity contribution in [1.29, 1.82) is 0 Å². The van der Waals surface area contributed by atoms with Crippen LogP contribution in [0.2, 0.25) is 5.02 Å². The molecule has 3 aromatic carbocycles. The minimum absolute atomic E-state index is 0.0712. The van der Waals surface area contributed by atoms with E-state index in [1.165, 1.54) is 5.56 Å². The fraction of sp³-hybridized carbons (Fsp3) is 0.259. The molecule has 0 fully saturated rings. The first-order valence-electron chi connectivity index (χ1n) is 11.4. The number of hydrogen-bond donors (Lipinski definition) is 1. The average molecular weight is 478 g/mol. The molecule has 0 saturated carbocycles. The lowest BCUT2D eigenvalue weighted by Gasteiger charge is -2.11. The summed E-state index contributed by atoms with van der Waals surface area (Å²) in [6.45, 7) is 3.77. The number of imidazole rings is 1. The molecule has 1 heterocycles. The number of fused-ring (bicyclic) bond motifs is 1. The summed E-state index contributed by atoms with van der Waals surface area (Å²) < 4.78 is 13.5. The van der Waals surface area contributed by atoms with Crippen LogP contribution < -0.4 is 14.8 Å². The highest BCUT2D eigenvalue weighted by molar-refractivity contribution is 6.30. The molecule has 0 unspecified atom stereocenters. The van der Waals surface area contributed by atoms with Crippen molar-refractivity contribution in [3.63, 3.8) is 0 Å². The van der Waals surface area contributed by atoms with E-state index in [0.717, 1.165) is 42.0 Å². The monoisotopic (exact) mass is 477 g/mol. The van der Waals surface area contributed by atoms with E-state index in [1.807, 2.05) is 42.5 Å². The second-order valence-electron chi connectivity index (χ2n) is 8.06. The van der Waals surface area contributed by atoms with Crippen LogP contribution in [0.5, 0.6) is 11.5 Å². The minimum Gasteiger partial charge on any atom is -0.494 e. The first-order chi connectivity index (χ1) is 16.6. The summed E-state index contributed by atoms with van der Waals surface area (Å²) in [7, 11) is 0. The number of aryl methyl sites for hydroxylation is 2. The molecule has 1 amide bonds. The summed E-state index contributed by atoms with van der Waals surface area (Å²) in [5, 5.41) is 3.53.